The van der Waals surface area contributed by atoms with Crippen LogP contribution < -0.4 is 5.32 Å². The van der Waals surface area contributed by atoms with E-state index in [4.69, 9.17) is 5.11 Å². The molecule has 4 rings (SSSR count). The summed E-state index contributed by atoms with van der Waals surface area (Å²) in [5.41, 5.74) is 1.79. The van der Waals surface area contributed by atoms with E-state index in [2.05, 4.69) is 16.3 Å². The number of rotatable bonds is 7. The third-order valence-electron chi connectivity index (χ3n) is 5.82. The van der Waals surface area contributed by atoms with Crippen molar-refractivity contribution in [2.75, 3.05) is 19.7 Å². The van der Waals surface area contributed by atoms with Gasteiger partial charge in [-0.1, -0.05) is 42.8 Å². The van der Waals surface area contributed by atoms with Gasteiger partial charge in [-0.2, -0.15) is 0 Å². The lowest BCUT2D eigenvalue weighted by molar-refractivity contribution is 0.0946. The molecule has 1 aromatic heterocycles. The predicted molar refractivity (Wildman–Crippen MR) is 119 cm³/mol. The summed E-state index contributed by atoms with van der Waals surface area (Å²) in [5, 5.41) is 13.0. The van der Waals surface area contributed by atoms with Crippen molar-refractivity contribution >= 4 is 27.3 Å². The van der Waals surface area contributed by atoms with Crippen LogP contribution in [0.1, 0.15) is 40.1 Å². The van der Waals surface area contributed by atoms with Crippen molar-refractivity contribution in [2.24, 2.45) is 0 Å². The van der Waals surface area contributed by atoms with Crippen molar-refractivity contribution in [3.05, 3.63) is 70.4 Å². The van der Waals surface area contributed by atoms with Crippen LogP contribution in [0.3, 0.4) is 0 Å². The quantitative estimate of drug-likeness (QED) is 0.590. The molecule has 0 aliphatic carbocycles. The Hall–Kier alpha value is -2.28. The van der Waals surface area contributed by atoms with Gasteiger partial charge in [0.1, 0.15) is 5.82 Å². The largest absolute Gasteiger partial charge is 0.395 e. The topological polar surface area (TPSA) is 52.6 Å². The van der Waals surface area contributed by atoms with E-state index in [1.165, 1.54) is 17.4 Å². The number of nitrogens with one attached hydrogen (secondary N) is 1. The number of hydrogen-bond donors (Lipinski definition) is 2. The van der Waals surface area contributed by atoms with Crippen LogP contribution in [0.4, 0.5) is 4.39 Å². The summed E-state index contributed by atoms with van der Waals surface area (Å²) in [5.74, 6) is -0.288. The Morgan fingerprint density at radius 2 is 1.97 bits per heavy atom. The SMILES string of the molecule is O=C(NCCO)c1sc2ccccc2c1C[C@H]1CCCCN1Cc1ccccc1F. The summed E-state index contributed by atoms with van der Waals surface area (Å²) in [6.45, 7) is 1.69. The highest BCUT2D eigenvalue weighted by Gasteiger charge is 2.27. The zero-order chi connectivity index (χ0) is 20.9. The Bertz CT molecular complexity index is 1020. The highest BCUT2D eigenvalue weighted by molar-refractivity contribution is 7.21. The van der Waals surface area contributed by atoms with E-state index in [1.54, 1.807) is 6.07 Å². The molecule has 0 unspecified atom stereocenters. The molecule has 3 aromatic rings. The van der Waals surface area contributed by atoms with Crippen molar-refractivity contribution in [2.45, 2.75) is 38.3 Å². The van der Waals surface area contributed by atoms with E-state index in [9.17, 15) is 9.18 Å². The molecule has 0 bridgehead atoms. The van der Waals surface area contributed by atoms with E-state index in [-0.39, 0.29) is 30.9 Å². The van der Waals surface area contributed by atoms with Gasteiger partial charge in [0.15, 0.2) is 0 Å². The smallest absolute Gasteiger partial charge is 0.261 e. The highest BCUT2D eigenvalue weighted by Crippen LogP contribution is 2.34. The second-order valence-corrected chi connectivity index (χ2v) is 8.85. The number of amides is 1. The first-order chi connectivity index (χ1) is 14.7. The minimum absolute atomic E-state index is 0.0784. The molecular formula is C24H27FN2O2S. The van der Waals surface area contributed by atoms with Gasteiger partial charge in [0.05, 0.1) is 11.5 Å². The van der Waals surface area contributed by atoms with E-state index >= 15 is 0 Å². The number of likely N-dealkylation sites (tertiary alicyclic amines) is 1. The average Bonchev–Trinajstić information content (AvgIpc) is 3.13. The maximum atomic E-state index is 14.2. The van der Waals surface area contributed by atoms with E-state index < -0.39 is 0 Å². The fourth-order valence-corrected chi connectivity index (χ4v) is 5.46. The number of fused-ring (bicyclic) bond motifs is 1. The van der Waals surface area contributed by atoms with Crippen molar-refractivity contribution in [3.8, 4) is 0 Å². The number of carbonyl (C=O) groups is 1. The van der Waals surface area contributed by atoms with Gasteiger partial charge < -0.3 is 10.4 Å². The molecule has 1 aliphatic rings. The van der Waals surface area contributed by atoms with Crippen LogP contribution in [0.2, 0.25) is 0 Å². The number of thiophene rings is 1. The molecule has 1 atom stereocenters. The normalized spacial score (nSPS) is 17.3. The van der Waals surface area contributed by atoms with E-state index in [0.717, 1.165) is 58.3 Å². The lowest BCUT2D eigenvalue weighted by Gasteiger charge is -2.36. The lowest BCUT2D eigenvalue weighted by atomic mass is 9.93. The molecule has 0 spiro atoms. The van der Waals surface area contributed by atoms with Crippen LogP contribution in [0.5, 0.6) is 0 Å². The molecule has 158 valence electrons. The summed E-state index contributed by atoms with van der Waals surface area (Å²) in [6.07, 6.45) is 4.06. The first-order valence-corrected chi connectivity index (χ1v) is 11.4. The fraction of sp³-hybridized carbons (Fsp3) is 0.375. The van der Waals surface area contributed by atoms with Gasteiger partial charge in [0.2, 0.25) is 0 Å². The van der Waals surface area contributed by atoms with E-state index in [1.807, 2.05) is 30.3 Å². The number of piperidine rings is 1. The number of nitrogens with zero attached hydrogens (tertiary/aromatic N) is 1. The first-order valence-electron chi connectivity index (χ1n) is 10.5. The van der Waals surface area contributed by atoms with Crippen LogP contribution in [-0.4, -0.2) is 41.7 Å². The number of hydrogen-bond acceptors (Lipinski definition) is 4. The number of halogens is 1. The minimum Gasteiger partial charge on any atom is -0.395 e. The number of carbonyl (C=O) groups excluding carboxylic acids is 1. The third-order valence-corrected chi connectivity index (χ3v) is 7.03. The van der Waals surface area contributed by atoms with Gasteiger partial charge in [-0.25, -0.2) is 4.39 Å². The third kappa shape index (κ3) is 4.56. The molecule has 1 aliphatic heterocycles. The Balaban J connectivity index is 1.62. The Morgan fingerprint density at radius 3 is 2.80 bits per heavy atom. The summed E-state index contributed by atoms with van der Waals surface area (Å²) >= 11 is 1.51. The molecule has 1 fully saturated rings. The van der Waals surface area contributed by atoms with Gasteiger partial charge in [-0.05, 0) is 48.9 Å². The molecule has 2 heterocycles. The van der Waals surface area contributed by atoms with Gasteiger partial charge in [-0.3, -0.25) is 9.69 Å². The molecule has 2 N–H and O–H groups in total. The molecule has 0 radical (unpaired) electrons. The number of aliphatic hydroxyl groups excluding tert-OH is 1. The Labute approximate surface area is 180 Å². The van der Waals surface area contributed by atoms with Crippen molar-refractivity contribution < 1.29 is 14.3 Å². The number of benzene rings is 2. The maximum absolute atomic E-state index is 14.2. The second kappa shape index (κ2) is 9.69. The highest BCUT2D eigenvalue weighted by atomic mass is 32.1. The molecule has 1 amide bonds. The average molecular weight is 427 g/mol. The van der Waals surface area contributed by atoms with E-state index in [0.29, 0.717) is 6.54 Å². The van der Waals surface area contributed by atoms with Crippen LogP contribution in [0.25, 0.3) is 10.1 Å². The molecule has 4 nitrogen and oxygen atoms in total. The summed E-state index contributed by atoms with van der Waals surface area (Å²) in [7, 11) is 0. The minimum atomic E-state index is -0.160. The first kappa shape index (κ1) is 21.0. The summed E-state index contributed by atoms with van der Waals surface area (Å²) in [6, 6.07) is 15.4. The molecule has 2 aromatic carbocycles. The molecular weight excluding hydrogens is 399 g/mol. The molecule has 1 saturated heterocycles. The van der Waals surface area contributed by atoms with Crippen LogP contribution in [0, 0.1) is 5.82 Å². The standard InChI is InChI=1S/C24H27FN2O2S/c25-21-10-3-1-7-17(21)16-27-13-6-5-8-18(27)15-20-19-9-2-4-11-22(19)30-23(20)24(29)26-12-14-28/h1-4,7,9-11,18,28H,5-6,8,12-16H2,(H,26,29)/t18-/m1/s1. The van der Waals surface area contributed by atoms with Crippen molar-refractivity contribution in [1.82, 2.24) is 10.2 Å². The van der Waals surface area contributed by atoms with Crippen molar-refractivity contribution in [3.63, 3.8) is 0 Å². The van der Waals surface area contributed by atoms with Crippen LogP contribution in [0.15, 0.2) is 48.5 Å². The van der Waals surface area contributed by atoms with Gasteiger partial charge in [-0.15, -0.1) is 11.3 Å². The van der Waals surface area contributed by atoms with Gasteiger partial charge in [0.25, 0.3) is 5.91 Å². The summed E-state index contributed by atoms with van der Waals surface area (Å²) in [4.78, 5) is 15.9. The Kier molecular flexibility index (Phi) is 6.77. The predicted octanol–water partition coefficient (Wildman–Crippen LogP) is 4.36. The zero-order valence-electron chi connectivity index (χ0n) is 16.9. The molecule has 6 heteroatoms. The molecule has 0 saturated carbocycles. The zero-order valence-corrected chi connectivity index (χ0v) is 17.8. The van der Waals surface area contributed by atoms with Crippen LogP contribution >= 0.6 is 11.3 Å². The monoisotopic (exact) mass is 426 g/mol. The fourth-order valence-electron chi connectivity index (χ4n) is 4.31. The lowest BCUT2D eigenvalue weighted by Crippen LogP contribution is -2.40. The molecule has 30 heavy (non-hydrogen) atoms. The van der Waals surface area contributed by atoms with Crippen molar-refractivity contribution in [1.29, 1.82) is 0 Å². The summed E-state index contributed by atoms with van der Waals surface area (Å²) < 4.78 is 15.3. The number of aliphatic hydroxyl groups is 1. The van der Waals surface area contributed by atoms with Crippen LogP contribution in [-0.2, 0) is 13.0 Å². The second-order valence-electron chi connectivity index (χ2n) is 7.80. The Morgan fingerprint density at radius 1 is 1.17 bits per heavy atom. The van der Waals surface area contributed by atoms with Gasteiger partial charge in [0, 0.05) is 29.4 Å². The van der Waals surface area contributed by atoms with Gasteiger partial charge >= 0.3 is 0 Å². The maximum Gasteiger partial charge on any atom is 0.261 e.